The average molecular weight is 344 g/mol. The van der Waals surface area contributed by atoms with Gasteiger partial charge in [-0.15, -0.1) is 0 Å². The monoisotopic (exact) mass is 344 g/mol. The van der Waals surface area contributed by atoms with Gasteiger partial charge in [0.2, 0.25) is 0 Å². The number of guanidine groups is 1. The molecule has 4 rings (SSSR count). The van der Waals surface area contributed by atoms with E-state index in [4.69, 9.17) is 9.73 Å². The number of hydrogen-bond donors (Lipinski definition) is 3. The van der Waals surface area contributed by atoms with Crippen molar-refractivity contribution in [3.8, 4) is 0 Å². The number of rotatable bonds is 5. The van der Waals surface area contributed by atoms with Gasteiger partial charge in [-0.25, -0.2) is 4.39 Å². The molecule has 3 atom stereocenters. The summed E-state index contributed by atoms with van der Waals surface area (Å²) in [5.41, 5.74) is 2.06. The normalized spacial score (nSPS) is 25.7. The fourth-order valence-corrected chi connectivity index (χ4v) is 3.93. The van der Waals surface area contributed by atoms with Gasteiger partial charge in [-0.2, -0.15) is 0 Å². The summed E-state index contributed by atoms with van der Waals surface area (Å²) >= 11 is 0. The van der Waals surface area contributed by atoms with Crippen LogP contribution in [0.15, 0.2) is 29.4 Å². The number of H-pyrrole nitrogens is 1. The lowest BCUT2D eigenvalue weighted by atomic mass is 9.96. The molecule has 1 aromatic heterocycles. The summed E-state index contributed by atoms with van der Waals surface area (Å²) in [6, 6.07) is 5.20. The highest BCUT2D eigenvalue weighted by atomic mass is 19.1. The third-order valence-corrected chi connectivity index (χ3v) is 5.15. The Labute approximate surface area is 147 Å². The van der Waals surface area contributed by atoms with E-state index >= 15 is 0 Å². The van der Waals surface area contributed by atoms with Gasteiger partial charge in [-0.05, 0) is 56.4 Å². The minimum Gasteiger partial charge on any atom is -0.373 e. The molecule has 3 heterocycles. The number of aromatic amines is 1. The minimum atomic E-state index is -0.205. The summed E-state index contributed by atoms with van der Waals surface area (Å²) in [7, 11) is 0. The zero-order valence-corrected chi connectivity index (χ0v) is 14.5. The zero-order valence-electron chi connectivity index (χ0n) is 14.5. The maximum Gasteiger partial charge on any atom is 0.191 e. The molecule has 3 unspecified atom stereocenters. The lowest BCUT2D eigenvalue weighted by molar-refractivity contribution is 0.0992. The van der Waals surface area contributed by atoms with Crippen LogP contribution < -0.4 is 10.6 Å². The molecule has 1 aromatic carbocycles. The van der Waals surface area contributed by atoms with Gasteiger partial charge in [0.25, 0.3) is 0 Å². The molecular weight excluding hydrogens is 319 g/mol. The van der Waals surface area contributed by atoms with Gasteiger partial charge in [0.1, 0.15) is 5.82 Å². The van der Waals surface area contributed by atoms with Crippen molar-refractivity contribution in [2.24, 2.45) is 4.99 Å². The van der Waals surface area contributed by atoms with Crippen LogP contribution >= 0.6 is 0 Å². The standard InChI is InChI=1S/C19H25FN4O/c1-2-21-19(24-17-10-14-4-6-18(17)25-14)22-8-7-12-11-23-16-5-3-13(20)9-15(12)16/h3,5,9,11,14,17-18,23H,2,4,6-8,10H2,1H3,(H2,21,22,24). The third kappa shape index (κ3) is 3.49. The van der Waals surface area contributed by atoms with Crippen LogP contribution in [0.2, 0.25) is 0 Å². The van der Waals surface area contributed by atoms with Crippen molar-refractivity contribution >= 4 is 16.9 Å². The molecule has 5 nitrogen and oxygen atoms in total. The average Bonchev–Trinajstić information content (AvgIpc) is 3.31. The highest BCUT2D eigenvalue weighted by Gasteiger charge is 2.41. The van der Waals surface area contributed by atoms with E-state index < -0.39 is 0 Å². The van der Waals surface area contributed by atoms with Gasteiger partial charge < -0.3 is 20.4 Å². The molecular formula is C19H25FN4O. The van der Waals surface area contributed by atoms with Gasteiger partial charge in [0.15, 0.2) is 5.96 Å². The van der Waals surface area contributed by atoms with Crippen molar-refractivity contribution in [3.05, 3.63) is 35.8 Å². The summed E-state index contributed by atoms with van der Waals surface area (Å²) in [5.74, 6) is 0.637. The van der Waals surface area contributed by atoms with Gasteiger partial charge in [0.05, 0.1) is 18.2 Å². The maximum atomic E-state index is 13.5. The third-order valence-electron chi connectivity index (χ3n) is 5.15. The number of hydrogen-bond acceptors (Lipinski definition) is 2. The fourth-order valence-electron chi connectivity index (χ4n) is 3.93. The Morgan fingerprint density at radius 2 is 2.32 bits per heavy atom. The fraction of sp³-hybridized carbons (Fsp3) is 0.526. The molecule has 0 saturated carbocycles. The molecule has 2 aromatic rings. The van der Waals surface area contributed by atoms with Crippen molar-refractivity contribution in [2.45, 2.75) is 50.9 Å². The predicted octanol–water partition coefficient (Wildman–Crippen LogP) is 2.72. The first-order valence-electron chi connectivity index (χ1n) is 9.18. The Kier molecular flexibility index (Phi) is 4.61. The summed E-state index contributed by atoms with van der Waals surface area (Å²) in [4.78, 5) is 7.89. The molecule has 134 valence electrons. The van der Waals surface area contributed by atoms with Crippen molar-refractivity contribution in [3.63, 3.8) is 0 Å². The van der Waals surface area contributed by atoms with Gasteiger partial charge in [0, 0.05) is 30.2 Å². The molecule has 2 bridgehead atoms. The number of nitrogens with one attached hydrogen (secondary N) is 3. The van der Waals surface area contributed by atoms with E-state index in [9.17, 15) is 4.39 Å². The van der Waals surface area contributed by atoms with Crippen LogP contribution in [0, 0.1) is 5.82 Å². The topological polar surface area (TPSA) is 61.4 Å². The second-order valence-corrected chi connectivity index (χ2v) is 6.87. The van der Waals surface area contributed by atoms with Crippen LogP contribution in [0.3, 0.4) is 0 Å². The summed E-state index contributed by atoms with van der Waals surface area (Å²) in [6.07, 6.45) is 6.86. The van der Waals surface area contributed by atoms with Crippen molar-refractivity contribution in [1.29, 1.82) is 0 Å². The molecule has 6 heteroatoms. The zero-order chi connectivity index (χ0) is 17.2. The Bertz CT molecular complexity index is 772. The highest BCUT2D eigenvalue weighted by Crippen LogP contribution is 2.34. The predicted molar refractivity (Wildman–Crippen MR) is 97.4 cm³/mol. The van der Waals surface area contributed by atoms with Crippen LogP contribution in [-0.4, -0.2) is 42.3 Å². The van der Waals surface area contributed by atoms with Crippen molar-refractivity contribution in [1.82, 2.24) is 15.6 Å². The Balaban J connectivity index is 1.40. The van der Waals surface area contributed by atoms with E-state index in [1.165, 1.54) is 12.5 Å². The van der Waals surface area contributed by atoms with Crippen LogP contribution in [0.5, 0.6) is 0 Å². The molecule has 2 aliphatic rings. The first kappa shape index (κ1) is 16.4. The van der Waals surface area contributed by atoms with Crippen LogP contribution in [0.4, 0.5) is 4.39 Å². The Morgan fingerprint density at radius 1 is 1.40 bits per heavy atom. The first-order chi connectivity index (χ1) is 12.2. The van der Waals surface area contributed by atoms with Crippen LogP contribution in [0.1, 0.15) is 31.7 Å². The summed E-state index contributed by atoms with van der Waals surface area (Å²) in [6.45, 7) is 3.54. The molecule has 0 radical (unpaired) electrons. The molecule has 2 saturated heterocycles. The van der Waals surface area contributed by atoms with E-state index in [0.29, 0.717) is 24.8 Å². The molecule has 2 fully saturated rings. The van der Waals surface area contributed by atoms with Crippen molar-refractivity contribution < 1.29 is 9.13 Å². The van der Waals surface area contributed by atoms with Crippen LogP contribution in [0.25, 0.3) is 10.9 Å². The SMILES string of the molecule is CCNC(=NCCc1c[nH]c2ccc(F)cc12)NC1CC2CCC1O2. The number of halogens is 1. The molecule has 0 aliphatic carbocycles. The number of aliphatic imine (C=N–C) groups is 1. The Morgan fingerprint density at radius 3 is 3.08 bits per heavy atom. The second kappa shape index (κ2) is 7.04. The number of benzene rings is 1. The van der Waals surface area contributed by atoms with E-state index in [1.807, 2.05) is 6.20 Å². The number of fused-ring (bicyclic) bond motifs is 3. The Hall–Kier alpha value is -2.08. The molecule has 0 spiro atoms. The van der Waals surface area contributed by atoms with E-state index in [1.54, 1.807) is 12.1 Å². The van der Waals surface area contributed by atoms with Gasteiger partial charge in [-0.1, -0.05) is 0 Å². The summed E-state index contributed by atoms with van der Waals surface area (Å²) < 4.78 is 19.4. The molecule has 2 aliphatic heterocycles. The van der Waals surface area contributed by atoms with Crippen LogP contribution in [-0.2, 0) is 11.2 Å². The number of aromatic nitrogens is 1. The van der Waals surface area contributed by atoms with E-state index in [-0.39, 0.29) is 5.82 Å². The second-order valence-electron chi connectivity index (χ2n) is 6.87. The molecule has 0 amide bonds. The molecule has 3 N–H and O–H groups in total. The van der Waals surface area contributed by atoms with Crippen molar-refractivity contribution in [2.75, 3.05) is 13.1 Å². The van der Waals surface area contributed by atoms with Gasteiger partial charge in [-0.3, -0.25) is 4.99 Å². The first-order valence-corrected chi connectivity index (χ1v) is 9.18. The minimum absolute atomic E-state index is 0.205. The lowest BCUT2D eigenvalue weighted by Gasteiger charge is -2.22. The number of nitrogens with zero attached hydrogens (tertiary/aromatic N) is 1. The smallest absolute Gasteiger partial charge is 0.191 e. The highest BCUT2D eigenvalue weighted by molar-refractivity contribution is 5.83. The van der Waals surface area contributed by atoms with E-state index in [0.717, 1.165) is 48.2 Å². The van der Waals surface area contributed by atoms with Gasteiger partial charge >= 0.3 is 0 Å². The summed E-state index contributed by atoms with van der Waals surface area (Å²) in [5, 5.41) is 7.77. The largest absolute Gasteiger partial charge is 0.373 e. The number of ether oxygens (including phenoxy) is 1. The molecule has 25 heavy (non-hydrogen) atoms. The maximum absolute atomic E-state index is 13.5. The lowest BCUT2D eigenvalue weighted by Crippen LogP contribution is -2.47. The quantitative estimate of drug-likeness (QED) is 0.577. The van der Waals surface area contributed by atoms with E-state index in [2.05, 4.69) is 22.5 Å².